The predicted octanol–water partition coefficient (Wildman–Crippen LogP) is 3.88. The van der Waals surface area contributed by atoms with Gasteiger partial charge in [0.25, 0.3) is 10.0 Å². The topological polar surface area (TPSA) is 96.0 Å². The second-order valence-electron chi connectivity index (χ2n) is 8.81. The van der Waals surface area contributed by atoms with Crippen LogP contribution in [0.3, 0.4) is 0 Å². The molecule has 0 radical (unpaired) electrons. The van der Waals surface area contributed by atoms with Crippen molar-refractivity contribution in [3.8, 4) is 5.75 Å². The molecule has 1 atom stereocenters. The fourth-order valence-corrected chi connectivity index (χ4v) is 5.40. The monoisotopic (exact) mass is 537 g/mol. The molecule has 202 valence electrons. The zero-order chi connectivity index (χ0) is 27.5. The van der Waals surface area contributed by atoms with E-state index in [-0.39, 0.29) is 17.3 Å². The van der Waals surface area contributed by atoms with E-state index in [1.54, 1.807) is 49.4 Å². The van der Waals surface area contributed by atoms with Gasteiger partial charge < -0.3 is 15.0 Å². The Labute approximate surface area is 225 Å². The number of hydrogen-bond acceptors (Lipinski definition) is 5. The van der Waals surface area contributed by atoms with Gasteiger partial charge in [0.15, 0.2) is 0 Å². The molecule has 3 aromatic rings. The molecule has 3 aromatic carbocycles. The third kappa shape index (κ3) is 7.35. The normalized spacial score (nSPS) is 11.9. The van der Waals surface area contributed by atoms with Crippen molar-refractivity contribution in [2.45, 2.75) is 37.6 Å². The Hall–Kier alpha value is -3.85. The van der Waals surface area contributed by atoms with Gasteiger partial charge in [0.1, 0.15) is 18.3 Å². The van der Waals surface area contributed by atoms with Crippen LogP contribution in [0.15, 0.2) is 89.8 Å². The maximum absolute atomic E-state index is 13.8. The number of benzene rings is 3. The summed E-state index contributed by atoms with van der Waals surface area (Å²) in [6.07, 6.45) is 1.28. The SMILES string of the molecule is CCCNC(=O)[C@H](C)N(CCc1ccccc1)C(=O)CN(c1ccc(OC)cc1)S(=O)(=O)c1ccccc1. The summed E-state index contributed by atoms with van der Waals surface area (Å²) in [5.41, 5.74) is 1.32. The molecule has 0 aliphatic rings. The molecule has 0 unspecified atom stereocenters. The molecule has 2 amide bonds. The van der Waals surface area contributed by atoms with Crippen LogP contribution in [0.4, 0.5) is 5.69 Å². The van der Waals surface area contributed by atoms with Crippen molar-refractivity contribution in [1.82, 2.24) is 10.2 Å². The summed E-state index contributed by atoms with van der Waals surface area (Å²) in [6, 6.07) is 23.3. The minimum Gasteiger partial charge on any atom is -0.497 e. The van der Waals surface area contributed by atoms with Crippen molar-refractivity contribution in [3.63, 3.8) is 0 Å². The molecule has 3 rings (SSSR count). The van der Waals surface area contributed by atoms with E-state index in [2.05, 4.69) is 5.32 Å². The van der Waals surface area contributed by atoms with Crippen LogP contribution in [0.5, 0.6) is 5.75 Å². The van der Waals surface area contributed by atoms with Crippen molar-refractivity contribution in [2.75, 3.05) is 31.0 Å². The minimum atomic E-state index is -4.09. The number of amides is 2. The predicted molar refractivity (Wildman–Crippen MR) is 149 cm³/mol. The van der Waals surface area contributed by atoms with Crippen LogP contribution in [-0.4, -0.2) is 57.9 Å². The van der Waals surface area contributed by atoms with Gasteiger partial charge in [-0.1, -0.05) is 55.5 Å². The van der Waals surface area contributed by atoms with Crippen LogP contribution in [0.1, 0.15) is 25.8 Å². The molecule has 0 heterocycles. The first kappa shape index (κ1) is 28.7. The third-order valence-electron chi connectivity index (χ3n) is 6.17. The molecule has 1 N–H and O–H groups in total. The summed E-state index contributed by atoms with van der Waals surface area (Å²) < 4.78 is 33.7. The van der Waals surface area contributed by atoms with Crippen LogP contribution in [0.2, 0.25) is 0 Å². The van der Waals surface area contributed by atoms with Crippen LogP contribution in [0, 0.1) is 0 Å². The maximum Gasteiger partial charge on any atom is 0.264 e. The molecular weight excluding hydrogens is 502 g/mol. The molecule has 0 aromatic heterocycles. The highest BCUT2D eigenvalue weighted by Gasteiger charge is 2.32. The molecule has 38 heavy (non-hydrogen) atoms. The smallest absolute Gasteiger partial charge is 0.264 e. The highest BCUT2D eigenvalue weighted by atomic mass is 32.2. The van der Waals surface area contributed by atoms with E-state index in [1.165, 1.54) is 24.1 Å². The first-order valence-corrected chi connectivity index (χ1v) is 14.0. The highest BCUT2D eigenvalue weighted by Crippen LogP contribution is 2.26. The Morgan fingerprint density at radius 2 is 1.53 bits per heavy atom. The van der Waals surface area contributed by atoms with Gasteiger partial charge in [-0.2, -0.15) is 0 Å². The number of carbonyl (C=O) groups excluding carboxylic acids is 2. The Balaban J connectivity index is 1.95. The summed E-state index contributed by atoms with van der Waals surface area (Å²) in [4.78, 5) is 28.2. The molecule has 0 saturated carbocycles. The molecule has 0 saturated heterocycles. The average Bonchev–Trinajstić information content (AvgIpc) is 2.95. The zero-order valence-electron chi connectivity index (χ0n) is 22.0. The molecule has 0 spiro atoms. The highest BCUT2D eigenvalue weighted by molar-refractivity contribution is 7.92. The number of rotatable bonds is 13. The first-order valence-electron chi connectivity index (χ1n) is 12.6. The largest absolute Gasteiger partial charge is 0.497 e. The molecule has 9 heteroatoms. The number of anilines is 1. The maximum atomic E-state index is 13.8. The van der Waals surface area contributed by atoms with Gasteiger partial charge in [0, 0.05) is 13.1 Å². The molecule has 0 fully saturated rings. The number of carbonyl (C=O) groups is 2. The lowest BCUT2D eigenvalue weighted by molar-refractivity contribution is -0.138. The fourth-order valence-electron chi connectivity index (χ4n) is 3.96. The fraction of sp³-hybridized carbons (Fsp3) is 0.310. The van der Waals surface area contributed by atoms with Gasteiger partial charge in [-0.15, -0.1) is 0 Å². The summed E-state index contributed by atoms with van der Waals surface area (Å²) in [7, 11) is -2.56. The standard InChI is InChI=1S/C29H35N3O5S/c1-4-20-30-29(34)23(2)31(21-19-24-11-7-5-8-12-24)28(33)22-32(25-15-17-26(37-3)18-16-25)38(35,36)27-13-9-6-10-14-27/h5-18,23H,4,19-22H2,1-3H3,(H,30,34)/t23-/m0/s1. The molecule has 0 bridgehead atoms. The lowest BCUT2D eigenvalue weighted by Crippen LogP contribution is -2.52. The van der Waals surface area contributed by atoms with Gasteiger partial charge in [0.05, 0.1) is 17.7 Å². The summed E-state index contributed by atoms with van der Waals surface area (Å²) in [5, 5.41) is 2.84. The van der Waals surface area contributed by atoms with Crippen molar-refractivity contribution >= 4 is 27.5 Å². The van der Waals surface area contributed by atoms with E-state index in [0.29, 0.717) is 24.4 Å². The number of ether oxygens (including phenoxy) is 1. The second kappa shape index (κ2) is 13.6. The summed E-state index contributed by atoms with van der Waals surface area (Å²) in [6.45, 7) is 3.89. The van der Waals surface area contributed by atoms with Crippen molar-refractivity contribution in [2.24, 2.45) is 0 Å². The Bertz CT molecular complexity index is 1280. The quantitative estimate of drug-likeness (QED) is 0.357. The van der Waals surface area contributed by atoms with Gasteiger partial charge in [-0.3, -0.25) is 13.9 Å². The van der Waals surface area contributed by atoms with Crippen LogP contribution in [-0.2, 0) is 26.0 Å². The lowest BCUT2D eigenvalue weighted by Gasteiger charge is -2.32. The van der Waals surface area contributed by atoms with Crippen LogP contribution >= 0.6 is 0 Å². The van der Waals surface area contributed by atoms with E-state index >= 15 is 0 Å². The number of hydrogen-bond donors (Lipinski definition) is 1. The van der Waals surface area contributed by atoms with Crippen LogP contribution in [0.25, 0.3) is 0 Å². The minimum absolute atomic E-state index is 0.0631. The molecule has 0 aliphatic carbocycles. The van der Waals surface area contributed by atoms with Crippen molar-refractivity contribution < 1.29 is 22.7 Å². The van der Waals surface area contributed by atoms with Gasteiger partial charge in [-0.25, -0.2) is 8.42 Å². The van der Waals surface area contributed by atoms with Gasteiger partial charge in [0.2, 0.25) is 11.8 Å². The number of nitrogens with zero attached hydrogens (tertiary/aromatic N) is 2. The van der Waals surface area contributed by atoms with Gasteiger partial charge >= 0.3 is 0 Å². The van der Waals surface area contributed by atoms with Crippen LogP contribution < -0.4 is 14.4 Å². The molecular formula is C29H35N3O5S. The van der Waals surface area contributed by atoms with Gasteiger partial charge in [-0.05, 0) is 61.7 Å². The van der Waals surface area contributed by atoms with E-state index in [1.807, 2.05) is 37.3 Å². The number of methoxy groups -OCH3 is 1. The molecule has 8 nitrogen and oxygen atoms in total. The lowest BCUT2D eigenvalue weighted by atomic mass is 10.1. The Morgan fingerprint density at radius 1 is 0.921 bits per heavy atom. The molecule has 0 aliphatic heterocycles. The van der Waals surface area contributed by atoms with E-state index in [4.69, 9.17) is 4.74 Å². The summed E-state index contributed by atoms with van der Waals surface area (Å²) >= 11 is 0. The van der Waals surface area contributed by atoms with Crippen molar-refractivity contribution in [1.29, 1.82) is 0 Å². The Kier molecular flexibility index (Phi) is 10.3. The van der Waals surface area contributed by atoms with Crippen molar-refractivity contribution in [3.05, 3.63) is 90.5 Å². The number of nitrogens with one attached hydrogen (secondary N) is 1. The van der Waals surface area contributed by atoms with E-state index in [0.717, 1.165) is 16.3 Å². The van der Waals surface area contributed by atoms with E-state index in [9.17, 15) is 18.0 Å². The first-order chi connectivity index (χ1) is 18.3. The third-order valence-corrected chi connectivity index (χ3v) is 7.96. The van der Waals surface area contributed by atoms with E-state index < -0.39 is 28.5 Å². The Morgan fingerprint density at radius 3 is 2.11 bits per heavy atom. The average molecular weight is 538 g/mol. The summed E-state index contributed by atoms with van der Waals surface area (Å²) in [5.74, 6) is -0.201. The second-order valence-corrected chi connectivity index (χ2v) is 10.7. The zero-order valence-corrected chi connectivity index (χ0v) is 22.9. The number of sulfonamides is 1.